The van der Waals surface area contributed by atoms with Crippen molar-refractivity contribution in [2.24, 2.45) is 34.5 Å². The van der Waals surface area contributed by atoms with E-state index in [-0.39, 0.29) is 22.5 Å². The van der Waals surface area contributed by atoms with Crippen LogP contribution in [0, 0.1) is 34.5 Å². The second-order valence-corrected chi connectivity index (χ2v) is 10.9. The molecule has 3 fully saturated rings. The summed E-state index contributed by atoms with van der Waals surface area (Å²) in [5.74, 6) is 2.64. The number of ketones is 1. The van der Waals surface area contributed by atoms with E-state index in [1.807, 2.05) is 11.0 Å². The average molecular weight is 431 g/mol. The largest absolute Gasteiger partial charge is 0.383 e. The zero-order chi connectivity index (χ0) is 22.4. The number of allylic oxidation sites excluding steroid dienone is 2. The topological polar surface area (TPSA) is 49.9 Å². The molecule has 5 nitrogen and oxygen atoms in total. The molecule has 174 valence electrons. The molecule has 0 radical (unpaired) electrons. The molecule has 0 aromatic carbocycles. The molecule has 1 aliphatic heterocycles. The molecule has 0 bridgehead atoms. The smallest absolute Gasteiger partial charge is 0.226 e. The van der Waals surface area contributed by atoms with Crippen molar-refractivity contribution in [3.05, 3.63) is 11.8 Å². The van der Waals surface area contributed by atoms with Gasteiger partial charge in [0.2, 0.25) is 5.91 Å². The number of piperidine rings is 1. The summed E-state index contributed by atoms with van der Waals surface area (Å²) >= 11 is 0. The van der Waals surface area contributed by atoms with E-state index in [1.54, 1.807) is 7.11 Å². The van der Waals surface area contributed by atoms with Gasteiger partial charge < -0.3 is 14.5 Å². The fourth-order valence-corrected chi connectivity index (χ4v) is 7.99. The molecular formula is C26H42N2O3. The molecule has 6 atom stereocenters. The van der Waals surface area contributed by atoms with Gasteiger partial charge in [-0.25, -0.2) is 0 Å². The molecular weight excluding hydrogens is 388 g/mol. The summed E-state index contributed by atoms with van der Waals surface area (Å²) in [4.78, 5) is 30.3. The van der Waals surface area contributed by atoms with Crippen molar-refractivity contribution in [2.45, 2.75) is 66.2 Å². The van der Waals surface area contributed by atoms with E-state index in [9.17, 15) is 9.59 Å². The van der Waals surface area contributed by atoms with Crippen LogP contribution >= 0.6 is 0 Å². The SMILES string of the molecule is CCN(CC)C(=O)C1CC[C@H]2[C@@H]3CN(CCOC)C4=CC(=O)CC[C@]4(C)[C@@H]3CC[C@]12C. The van der Waals surface area contributed by atoms with Crippen LogP contribution in [0.5, 0.6) is 0 Å². The van der Waals surface area contributed by atoms with Crippen molar-refractivity contribution in [1.82, 2.24) is 9.80 Å². The minimum Gasteiger partial charge on any atom is -0.383 e. The summed E-state index contributed by atoms with van der Waals surface area (Å²) in [5, 5.41) is 0. The van der Waals surface area contributed by atoms with Crippen molar-refractivity contribution in [3.63, 3.8) is 0 Å². The summed E-state index contributed by atoms with van der Waals surface area (Å²) in [7, 11) is 1.75. The number of likely N-dealkylation sites (tertiary alicyclic amines) is 1. The molecule has 1 heterocycles. The first-order valence-electron chi connectivity index (χ1n) is 12.6. The summed E-state index contributed by atoms with van der Waals surface area (Å²) in [6.45, 7) is 13.2. The number of nitrogens with zero attached hydrogens (tertiary/aromatic N) is 2. The predicted octanol–water partition coefficient (Wildman–Crippen LogP) is 4.13. The number of hydrogen-bond donors (Lipinski definition) is 0. The van der Waals surface area contributed by atoms with Gasteiger partial charge in [-0.15, -0.1) is 0 Å². The van der Waals surface area contributed by atoms with Gasteiger partial charge in [0.1, 0.15) is 0 Å². The van der Waals surface area contributed by atoms with Crippen molar-refractivity contribution in [2.75, 3.05) is 39.9 Å². The Hall–Kier alpha value is -1.36. The van der Waals surface area contributed by atoms with Crippen LogP contribution in [-0.2, 0) is 14.3 Å². The zero-order valence-corrected chi connectivity index (χ0v) is 20.3. The van der Waals surface area contributed by atoms with E-state index < -0.39 is 0 Å². The van der Waals surface area contributed by atoms with Gasteiger partial charge in [0, 0.05) is 62.8 Å². The first-order chi connectivity index (χ1) is 14.8. The van der Waals surface area contributed by atoms with Crippen LogP contribution in [0.3, 0.4) is 0 Å². The van der Waals surface area contributed by atoms with Gasteiger partial charge in [0.15, 0.2) is 5.78 Å². The predicted molar refractivity (Wildman–Crippen MR) is 122 cm³/mol. The molecule has 3 aliphatic carbocycles. The van der Waals surface area contributed by atoms with E-state index in [0.717, 1.165) is 45.4 Å². The van der Waals surface area contributed by atoms with Crippen LogP contribution in [-0.4, -0.2) is 61.4 Å². The lowest BCUT2D eigenvalue weighted by molar-refractivity contribution is -0.144. The maximum Gasteiger partial charge on any atom is 0.226 e. The van der Waals surface area contributed by atoms with Crippen LogP contribution in [0.1, 0.15) is 66.2 Å². The van der Waals surface area contributed by atoms with Crippen molar-refractivity contribution < 1.29 is 14.3 Å². The molecule has 4 aliphatic rings. The molecule has 0 aromatic rings. The molecule has 0 N–H and O–H groups in total. The van der Waals surface area contributed by atoms with E-state index in [4.69, 9.17) is 4.74 Å². The molecule has 0 aromatic heterocycles. The van der Waals surface area contributed by atoms with E-state index >= 15 is 0 Å². The highest BCUT2D eigenvalue weighted by atomic mass is 16.5. The number of methoxy groups -OCH3 is 1. The highest BCUT2D eigenvalue weighted by molar-refractivity contribution is 5.91. The Morgan fingerprint density at radius 3 is 2.58 bits per heavy atom. The third-order valence-corrected chi connectivity index (χ3v) is 9.74. The summed E-state index contributed by atoms with van der Waals surface area (Å²) in [5.41, 5.74) is 1.45. The standard InChI is InChI=1S/C26H42N2O3/c1-6-27(7-2)24(30)22-9-8-20-19-17-28(14-15-31-5)23-16-18(29)10-12-26(23,4)21(19)11-13-25(20,22)3/h16,19-22H,6-15,17H2,1-5H3/t19-,20-,21+,22?,25-,26+/m0/s1. The van der Waals surface area contributed by atoms with Gasteiger partial charge in [-0.3, -0.25) is 9.59 Å². The zero-order valence-electron chi connectivity index (χ0n) is 20.3. The molecule has 31 heavy (non-hydrogen) atoms. The maximum absolute atomic E-state index is 13.4. The number of hydrogen-bond acceptors (Lipinski definition) is 4. The summed E-state index contributed by atoms with van der Waals surface area (Å²) in [6.07, 6.45) is 8.12. The van der Waals surface area contributed by atoms with Gasteiger partial charge in [0.05, 0.1) is 6.61 Å². The monoisotopic (exact) mass is 430 g/mol. The second-order valence-electron chi connectivity index (χ2n) is 10.9. The third-order valence-electron chi connectivity index (χ3n) is 9.74. The summed E-state index contributed by atoms with van der Waals surface area (Å²) in [6, 6.07) is 0. The van der Waals surface area contributed by atoms with Gasteiger partial charge in [-0.05, 0) is 69.1 Å². The Bertz CT molecular complexity index is 745. The van der Waals surface area contributed by atoms with Crippen LogP contribution in [0.25, 0.3) is 0 Å². The lowest BCUT2D eigenvalue weighted by Crippen LogP contribution is -2.58. The van der Waals surface area contributed by atoms with Gasteiger partial charge in [-0.2, -0.15) is 0 Å². The Labute approximate surface area is 188 Å². The Balaban J connectivity index is 1.65. The highest BCUT2D eigenvalue weighted by Crippen LogP contribution is 2.65. The third kappa shape index (κ3) is 3.55. The van der Waals surface area contributed by atoms with Gasteiger partial charge in [0.25, 0.3) is 0 Å². The van der Waals surface area contributed by atoms with Crippen LogP contribution in [0.15, 0.2) is 11.8 Å². The number of amides is 1. The minimum absolute atomic E-state index is 0.0763. The molecule has 2 saturated carbocycles. The van der Waals surface area contributed by atoms with Gasteiger partial charge in [-0.1, -0.05) is 13.8 Å². The Morgan fingerprint density at radius 1 is 1.16 bits per heavy atom. The normalized spacial score (nSPS) is 39.5. The molecule has 0 spiro atoms. The summed E-state index contributed by atoms with van der Waals surface area (Å²) < 4.78 is 5.42. The number of ether oxygens (including phenoxy) is 1. The Kier molecular flexibility index (Phi) is 6.28. The molecule has 1 saturated heterocycles. The van der Waals surface area contributed by atoms with Crippen molar-refractivity contribution in [3.8, 4) is 0 Å². The molecule has 1 amide bonds. The number of rotatable bonds is 6. The Morgan fingerprint density at radius 2 is 1.90 bits per heavy atom. The first kappa shape index (κ1) is 22.8. The van der Waals surface area contributed by atoms with Gasteiger partial charge >= 0.3 is 0 Å². The molecule has 4 rings (SSSR count). The fraction of sp³-hybridized carbons (Fsp3) is 0.846. The number of carbonyl (C=O) groups excluding carboxylic acids is 2. The highest BCUT2D eigenvalue weighted by Gasteiger charge is 2.61. The van der Waals surface area contributed by atoms with Crippen LogP contribution < -0.4 is 0 Å². The average Bonchev–Trinajstić information content (AvgIpc) is 3.11. The lowest BCUT2D eigenvalue weighted by Gasteiger charge is -2.60. The van der Waals surface area contributed by atoms with E-state index in [2.05, 4.69) is 32.6 Å². The first-order valence-corrected chi connectivity index (χ1v) is 12.6. The van der Waals surface area contributed by atoms with Crippen molar-refractivity contribution >= 4 is 11.7 Å². The molecule has 5 heteroatoms. The quantitative estimate of drug-likeness (QED) is 0.636. The van der Waals surface area contributed by atoms with Crippen molar-refractivity contribution in [1.29, 1.82) is 0 Å². The second kappa shape index (κ2) is 8.53. The lowest BCUT2D eigenvalue weighted by atomic mass is 9.49. The number of carbonyl (C=O) groups is 2. The van der Waals surface area contributed by atoms with Crippen LogP contribution in [0.4, 0.5) is 0 Å². The fourth-order valence-electron chi connectivity index (χ4n) is 7.99. The van der Waals surface area contributed by atoms with Crippen LogP contribution in [0.2, 0.25) is 0 Å². The number of fused-ring (bicyclic) bond motifs is 5. The minimum atomic E-state index is 0.0763. The van der Waals surface area contributed by atoms with E-state index in [0.29, 0.717) is 36.7 Å². The van der Waals surface area contributed by atoms with E-state index in [1.165, 1.54) is 18.5 Å². The molecule has 1 unspecified atom stereocenters. The maximum atomic E-state index is 13.4.